The molecule has 0 aliphatic rings. The first-order valence-electron chi connectivity index (χ1n) is 4.61. The molecule has 1 aromatic heterocycles. The molecule has 1 aromatic rings. The zero-order valence-electron chi connectivity index (χ0n) is 8.34. The summed E-state index contributed by atoms with van der Waals surface area (Å²) in [4.78, 5) is 15.1. The summed E-state index contributed by atoms with van der Waals surface area (Å²) < 4.78 is 13.1. The molecule has 1 unspecified atom stereocenters. The second-order valence-electron chi connectivity index (χ2n) is 3.21. The molecule has 1 atom stereocenters. The number of alkyl halides is 1. The molecule has 0 saturated carbocycles. The van der Waals surface area contributed by atoms with E-state index in [1.165, 1.54) is 12.3 Å². The predicted octanol–water partition coefficient (Wildman–Crippen LogP) is 1.97. The van der Waals surface area contributed by atoms with Crippen molar-refractivity contribution in [2.24, 2.45) is 0 Å². The quantitative estimate of drug-likeness (QED) is 0.804. The first-order valence-corrected chi connectivity index (χ1v) is 5.15. The highest BCUT2D eigenvalue weighted by Crippen LogP contribution is 2.05. The van der Waals surface area contributed by atoms with Gasteiger partial charge in [0, 0.05) is 18.1 Å². The molecule has 0 spiro atoms. The van der Waals surface area contributed by atoms with Crippen molar-refractivity contribution in [3.8, 4) is 0 Å². The molecule has 1 N–H and O–H groups in total. The first kappa shape index (κ1) is 11.9. The van der Waals surface area contributed by atoms with E-state index in [1.54, 1.807) is 0 Å². The molecule has 3 nitrogen and oxygen atoms in total. The molecule has 15 heavy (non-hydrogen) atoms. The Labute approximate surface area is 92.7 Å². The van der Waals surface area contributed by atoms with Crippen LogP contribution in [-0.4, -0.2) is 22.8 Å². The number of amides is 1. The number of carbonyl (C=O) groups is 1. The minimum Gasteiger partial charge on any atom is -0.349 e. The smallest absolute Gasteiger partial charge is 0.254 e. The van der Waals surface area contributed by atoms with Crippen molar-refractivity contribution in [1.82, 2.24) is 10.3 Å². The van der Waals surface area contributed by atoms with E-state index < -0.39 is 11.7 Å². The Balaban J connectivity index is 2.65. The van der Waals surface area contributed by atoms with E-state index in [9.17, 15) is 9.18 Å². The number of carbonyl (C=O) groups excluding carboxylic acids is 1. The molecule has 5 heteroatoms. The fourth-order valence-corrected chi connectivity index (χ4v) is 1.42. The molecule has 0 saturated heterocycles. The van der Waals surface area contributed by atoms with Crippen LogP contribution in [0, 0.1) is 5.82 Å². The maximum absolute atomic E-state index is 13.1. The van der Waals surface area contributed by atoms with Gasteiger partial charge in [0.05, 0.1) is 11.8 Å². The van der Waals surface area contributed by atoms with E-state index >= 15 is 0 Å². The highest BCUT2D eigenvalue weighted by atomic mass is 35.5. The van der Waals surface area contributed by atoms with Gasteiger partial charge in [-0.25, -0.2) is 4.39 Å². The van der Waals surface area contributed by atoms with Crippen LogP contribution in [0.15, 0.2) is 18.5 Å². The van der Waals surface area contributed by atoms with Gasteiger partial charge in [-0.1, -0.05) is 0 Å². The van der Waals surface area contributed by atoms with Gasteiger partial charge in [0.1, 0.15) is 0 Å². The van der Waals surface area contributed by atoms with Crippen LogP contribution in [0.1, 0.15) is 23.7 Å². The Morgan fingerprint density at radius 3 is 3.07 bits per heavy atom. The standard InChI is InChI=1S/C10H12ClFN2O/c1-7(2-4-11)14-10(15)8-3-5-13-6-9(8)12/h3,5-7H,2,4H2,1H3,(H,14,15). The highest BCUT2D eigenvalue weighted by Gasteiger charge is 2.13. The third kappa shape index (κ3) is 3.47. The van der Waals surface area contributed by atoms with E-state index in [0.29, 0.717) is 12.3 Å². The van der Waals surface area contributed by atoms with Crippen molar-refractivity contribution >= 4 is 17.5 Å². The Morgan fingerprint density at radius 1 is 1.73 bits per heavy atom. The van der Waals surface area contributed by atoms with Crippen LogP contribution in [-0.2, 0) is 0 Å². The SMILES string of the molecule is CC(CCCl)NC(=O)c1ccncc1F. The summed E-state index contributed by atoms with van der Waals surface area (Å²) in [6.45, 7) is 1.82. The van der Waals surface area contributed by atoms with Crippen LogP contribution in [0.4, 0.5) is 4.39 Å². The van der Waals surface area contributed by atoms with Crippen molar-refractivity contribution in [2.45, 2.75) is 19.4 Å². The van der Waals surface area contributed by atoms with Crippen LogP contribution >= 0.6 is 11.6 Å². The molecular formula is C10H12ClFN2O. The molecule has 1 rings (SSSR count). The number of hydrogen-bond acceptors (Lipinski definition) is 2. The lowest BCUT2D eigenvalue weighted by Crippen LogP contribution is -2.33. The molecule has 0 aliphatic heterocycles. The molecule has 82 valence electrons. The Morgan fingerprint density at radius 2 is 2.47 bits per heavy atom. The summed E-state index contributed by atoms with van der Waals surface area (Å²) in [5.41, 5.74) is 0.00595. The van der Waals surface area contributed by atoms with Gasteiger partial charge in [0.15, 0.2) is 5.82 Å². The molecular weight excluding hydrogens is 219 g/mol. The van der Waals surface area contributed by atoms with Gasteiger partial charge in [-0.05, 0) is 19.4 Å². The first-order chi connectivity index (χ1) is 7.15. The van der Waals surface area contributed by atoms with Crippen molar-refractivity contribution in [3.63, 3.8) is 0 Å². The third-order valence-electron chi connectivity index (χ3n) is 1.94. The molecule has 0 bridgehead atoms. The summed E-state index contributed by atoms with van der Waals surface area (Å²) in [5, 5.41) is 2.65. The zero-order valence-corrected chi connectivity index (χ0v) is 9.09. The largest absolute Gasteiger partial charge is 0.349 e. The van der Waals surface area contributed by atoms with E-state index in [1.807, 2.05) is 6.92 Å². The van der Waals surface area contributed by atoms with Crippen LogP contribution < -0.4 is 5.32 Å². The Kier molecular flexibility index (Phi) is 4.49. The fourth-order valence-electron chi connectivity index (χ4n) is 1.10. The summed E-state index contributed by atoms with van der Waals surface area (Å²) in [6, 6.07) is 1.28. The van der Waals surface area contributed by atoms with Gasteiger partial charge >= 0.3 is 0 Å². The highest BCUT2D eigenvalue weighted by molar-refractivity contribution is 6.17. The normalized spacial score (nSPS) is 12.2. The zero-order chi connectivity index (χ0) is 11.3. The number of hydrogen-bond donors (Lipinski definition) is 1. The molecule has 1 heterocycles. The summed E-state index contributed by atoms with van der Waals surface area (Å²) in [7, 11) is 0. The average molecular weight is 231 g/mol. The van der Waals surface area contributed by atoms with Crippen LogP contribution in [0.25, 0.3) is 0 Å². The van der Waals surface area contributed by atoms with E-state index in [4.69, 9.17) is 11.6 Å². The summed E-state index contributed by atoms with van der Waals surface area (Å²) in [6.07, 6.45) is 3.05. The van der Waals surface area contributed by atoms with Crippen LogP contribution in [0.5, 0.6) is 0 Å². The molecule has 0 aliphatic carbocycles. The Hall–Kier alpha value is -1.16. The third-order valence-corrected chi connectivity index (χ3v) is 2.15. The second kappa shape index (κ2) is 5.66. The van der Waals surface area contributed by atoms with E-state index in [0.717, 1.165) is 6.20 Å². The van der Waals surface area contributed by atoms with Gasteiger partial charge in [0.25, 0.3) is 5.91 Å². The minimum absolute atomic E-state index is 0.00595. The van der Waals surface area contributed by atoms with Gasteiger partial charge in [-0.2, -0.15) is 0 Å². The molecule has 0 radical (unpaired) electrons. The van der Waals surface area contributed by atoms with E-state index in [2.05, 4.69) is 10.3 Å². The number of nitrogens with zero attached hydrogens (tertiary/aromatic N) is 1. The number of rotatable bonds is 4. The topological polar surface area (TPSA) is 42.0 Å². The number of pyridine rings is 1. The maximum atomic E-state index is 13.1. The lowest BCUT2D eigenvalue weighted by molar-refractivity contribution is 0.0935. The summed E-state index contributed by atoms with van der Waals surface area (Å²) in [5.74, 6) is -0.596. The maximum Gasteiger partial charge on any atom is 0.254 e. The number of halogens is 2. The minimum atomic E-state index is -0.618. The predicted molar refractivity (Wildman–Crippen MR) is 56.5 cm³/mol. The molecule has 0 fully saturated rings. The lowest BCUT2D eigenvalue weighted by Gasteiger charge is -2.12. The average Bonchev–Trinajstić information content (AvgIpc) is 2.18. The fraction of sp³-hybridized carbons (Fsp3) is 0.400. The monoisotopic (exact) mass is 230 g/mol. The van der Waals surface area contributed by atoms with Crippen molar-refractivity contribution in [3.05, 3.63) is 29.8 Å². The second-order valence-corrected chi connectivity index (χ2v) is 3.59. The van der Waals surface area contributed by atoms with Crippen molar-refractivity contribution in [2.75, 3.05) is 5.88 Å². The van der Waals surface area contributed by atoms with Gasteiger partial charge in [-0.15, -0.1) is 11.6 Å². The van der Waals surface area contributed by atoms with Crippen LogP contribution in [0.2, 0.25) is 0 Å². The lowest BCUT2D eigenvalue weighted by atomic mass is 10.2. The number of nitrogens with one attached hydrogen (secondary N) is 1. The van der Waals surface area contributed by atoms with Gasteiger partial charge < -0.3 is 5.32 Å². The molecule has 1 amide bonds. The van der Waals surface area contributed by atoms with Crippen LogP contribution in [0.3, 0.4) is 0 Å². The number of aromatic nitrogens is 1. The summed E-state index contributed by atoms with van der Waals surface area (Å²) >= 11 is 5.52. The molecule has 0 aromatic carbocycles. The Bertz CT molecular complexity index is 346. The van der Waals surface area contributed by atoms with E-state index in [-0.39, 0.29) is 11.6 Å². The van der Waals surface area contributed by atoms with Crippen molar-refractivity contribution in [1.29, 1.82) is 0 Å². The van der Waals surface area contributed by atoms with Gasteiger partial charge in [-0.3, -0.25) is 9.78 Å². The van der Waals surface area contributed by atoms with Gasteiger partial charge in [0.2, 0.25) is 0 Å². The van der Waals surface area contributed by atoms with Crippen molar-refractivity contribution < 1.29 is 9.18 Å².